The number of primary amides is 1. The van der Waals surface area contributed by atoms with Crippen molar-refractivity contribution in [3.8, 4) is 0 Å². The largest absolute Gasteiger partial charge is 0.478 e. The van der Waals surface area contributed by atoms with Crippen molar-refractivity contribution < 1.29 is 19.5 Å². The molecule has 0 heterocycles. The second-order valence-electron chi connectivity index (χ2n) is 5.43. The van der Waals surface area contributed by atoms with Crippen molar-refractivity contribution in [2.24, 2.45) is 5.73 Å². The zero-order chi connectivity index (χ0) is 19.7. The van der Waals surface area contributed by atoms with Gasteiger partial charge in [-0.05, 0) is 63.9 Å². The molecule has 0 saturated heterocycles. The standard InChI is InChI=1S/C13H21NOS.C4H6O2.CH3NO/c1-10(2)13(14-9-15)16-12-8-6-4-5-7-11(12)3;1-2-3-4(5)6;2-1-3/h9H,4-8H2,1-3H3,(H,14,15);2-3H,1H3,(H,5,6);1H,(H2,2,3)/b;3-2+;. The Hall–Kier alpha value is -2.02. The minimum atomic E-state index is -0.891. The summed E-state index contributed by atoms with van der Waals surface area (Å²) in [6, 6.07) is 0. The molecule has 0 aromatic rings. The first-order chi connectivity index (χ1) is 11.8. The van der Waals surface area contributed by atoms with Crippen LogP contribution in [0.5, 0.6) is 0 Å². The lowest BCUT2D eigenvalue weighted by molar-refractivity contribution is -0.131. The molecule has 6 nitrogen and oxygen atoms in total. The van der Waals surface area contributed by atoms with Gasteiger partial charge in [0.05, 0.1) is 5.03 Å². The molecule has 0 unspecified atom stereocenters. The lowest BCUT2D eigenvalue weighted by atomic mass is 10.2. The van der Waals surface area contributed by atoms with Gasteiger partial charge < -0.3 is 16.2 Å². The van der Waals surface area contributed by atoms with Crippen LogP contribution in [0.25, 0.3) is 0 Å². The highest BCUT2D eigenvalue weighted by Gasteiger charge is 2.11. The van der Waals surface area contributed by atoms with Crippen LogP contribution in [-0.4, -0.2) is 23.9 Å². The highest BCUT2D eigenvalue weighted by atomic mass is 32.2. The maximum Gasteiger partial charge on any atom is 0.327 e. The third-order valence-corrected chi connectivity index (χ3v) is 4.64. The van der Waals surface area contributed by atoms with Crippen molar-refractivity contribution in [1.82, 2.24) is 5.32 Å². The molecule has 0 spiro atoms. The van der Waals surface area contributed by atoms with Gasteiger partial charge in [0.25, 0.3) is 0 Å². The van der Waals surface area contributed by atoms with Gasteiger partial charge in [0.15, 0.2) is 0 Å². The summed E-state index contributed by atoms with van der Waals surface area (Å²) < 4.78 is 0. The summed E-state index contributed by atoms with van der Waals surface area (Å²) in [6.07, 6.45) is 9.85. The molecular weight excluding hydrogens is 340 g/mol. The first-order valence-electron chi connectivity index (χ1n) is 8.09. The summed E-state index contributed by atoms with van der Waals surface area (Å²) in [4.78, 5) is 30.1. The van der Waals surface area contributed by atoms with Crippen LogP contribution in [0.1, 0.15) is 59.8 Å². The van der Waals surface area contributed by atoms with Gasteiger partial charge in [0.1, 0.15) is 0 Å². The second kappa shape index (κ2) is 16.8. The third-order valence-electron chi connectivity index (χ3n) is 3.11. The predicted octanol–water partition coefficient (Wildman–Crippen LogP) is 3.70. The molecule has 0 aliphatic heterocycles. The number of carboxylic acids is 1. The molecule has 1 aliphatic rings. The molecule has 0 bridgehead atoms. The van der Waals surface area contributed by atoms with Gasteiger partial charge in [-0.25, -0.2) is 4.79 Å². The van der Waals surface area contributed by atoms with E-state index in [0.717, 1.165) is 23.9 Å². The minimum absolute atomic E-state index is 0.250. The number of hydrogen-bond acceptors (Lipinski definition) is 4. The summed E-state index contributed by atoms with van der Waals surface area (Å²) in [6.45, 7) is 7.95. The van der Waals surface area contributed by atoms with Gasteiger partial charge >= 0.3 is 5.97 Å². The average Bonchev–Trinajstić information content (AvgIpc) is 2.73. The van der Waals surface area contributed by atoms with Crippen molar-refractivity contribution in [3.63, 3.8) is 0 Å². The number of thioether (sulfide) groups is 1. The van der Waals surface area contributed by atoms with Crippen LogP contribution in [0.3, 0.4) is 0 Å². The molecule has 2 amide bonds. The monoisotopic (exact) mass is 370 g/mol. The fourth-order valence-corrected chi connectivity index (χ4v) is 3.02. The predicted molar refractivity (Wildman–Crippen MR) is 104 cm³/mol. The Morgan fingerprint density at radius 2 is 1.76 bits per heavy atom. The first kappa shape index (κ1) is 25.2. The summed E-state index contributed by atoms with van der Waals surface area (Å²) in [5.41, 5.74) is 6.83. The van der Waals surface area contributed by atoms with E-state index in [9.17, 15) is 9.59 Å². The fraction of sp³-hybridized carbons (Fsp3) is 0.500. The normalized spacial score (nSPS) is 13.4. The fourth-order valence-electron chi connectivity index (χ4n) is 1.94. The van der Waals surface area contributed by atoms with E-state index >= 15 is 0 Å². The topological polar surface area (TPSA) is 109 Å². The van der Waals surface area contributed by atoms with Crippen molar-refractivity contribution in [2.75, 3.05) is 0 Å². The van der Waals surface area contributed by atoms with Crippen molar-refractivity contribution in [2.45, 2.75) is 59.8 Å². The smallest absolute Gasteiger partial charge is 0.327 e. The molecule has 0 fully saturated rings. The molecule has 0 aromatic heterocycles. The molecule has 4 N–H and O–H groups in total. The Morgan fingerprint density at radius 3 is 2.16 bits per heavy atom. The lowest BCUT2D eigenvalue weighted by Gasteiger charge is -2.12. The SMILES string of the molecule is C/C=C/C(=O)O.CC(C)=C(NC=O)SC1=C(C)CCCCC1.NC=O. The average molecular weight is 371 g/mol. The van der Waals surface area contributed by atoms with Crippen molar-refractivity contribution in [3.05, 3.63) is 33.2 Å². The number of nitrogens with two attached hydrogens (primary N) is 1. The molecule has 0 atom stereocenters. The lowest BCUT2D eigenvalue weighted by Crippen LogP contribution is -2.09. The number of rotatable bonds is 5. The Labute approximate surface area is 154 Å². The zero-order valence-electron chi connectivity index (χ0n) is 15.5. The molecule has 0 aromatic carbocycles. The van der Waals surface area contributed by atoms with Crippen LogP contribution >= 0.6 is 11.8 Å². The number of carbonyl (C=O) groups is 3. The quantitative estimate of drug-likeness (QED) is 0.505. The van der Waals surface area contributed by atoms with Gasteiger partial charge in [-0.3, -0.25) is 9.59 Å². The number of hydrogen-bond donors (Lipinski definition) is 3. The Morgan fingerprint density at radius 1 is 1.20 bits per heavy atom. The van der Waals surface area contributed by atoms with Gasteiger partial charge in [-0.1, -0.05) is 29.8 Å². The number of carbonyl (C=O) groups excluding carboxylic acids is 2. The van der Waals surface area contributed by atoms with Crippen LogP contribution in [0.2, 0.25) is 0 Å². The zero-order valence-corrected chi connectivity index (χ0v) is 16.3. The van der Waals surface area contributed by atoms with E-state index in [-0.39, 0.29) is 6.41 Å². The Balaban J connectivity index is 0. The Bertz CT molecular complexity index is 507. The Kier molecular flexibility index (Phi) is 17.0. The van der Waals surface area contributed by atoms with Gasteiger partial charge in [0, 0.05) is 6.08 Å². The number of amides is 2. The molecule has 142 valence electrons. The van der Waals surface area contributed by atoms with E-state index in [1.807, 2.05) is 13.8 Å². The molecule has 0 radical (unpaired) electrons. The number of allylic oxidation sites excluding steroid dienone is 4. The van der Waals surface area contributed by atoms with Gasteiger partial charge in [-0.2, -0.15) is 0 Å². The van der Waals surface area contributed by atoms with Crippen LogP contribution in [0.15, 0.2) is 33.2 Å². The number of carboxylic acid groups (broad SMARTS) is 1. The van der Waals surface area contributed by atoms with E-state index in [4.69, 9.17) is 9.90 Å². The highest BCUT2D eigenvalue weighted by molar-refractivity contribution is 8.06. The highest BCUT2D eigenvalue weighted by Crippen LogP contribution is 2.35. The van der Waals surface area contributed by atoms with E-state index in [2.05, 4.69) is 18.0 Å². The summed E-state index contributed by atoms with van der Waals surface area (Å²) in [5, 5.41) is 11.6. The minimum Gasteiger partial charge on any atom is -0.478 e. The maximum absolute atomic E-state index is 10.5. The van der Waals surface area contributed by atoms with Crippen LogP contribution < -0.4 is 11.1 Å². The van der Waals surface area contributed by atoms with Gasteiger partial charge in [0.2, 0.25) is 12.8 Å². The van der Waals surface area contributed by atoms with Crippen molar-refractivity contribution >= 4 is 30.6 Å². The maximum atomic E-state index is 10.5. The summed E-state index contributed by atoms with van der Waals surface area (Å²) >= 11 is 1.74. The molecule has 25 heavy (non-hydrogen) atoms. The van der Waals surface area contributed by atoms with E-state index in [1.54, 1.807) is 18.7 Å². The van der Waals surface area contributed by atoms with Crippen LogP contribution in [0, 0.1) is 0 Å². The number of aliphatic carboxylic acids is 1. The molecule has 1 rings (SSSR count). The second-order valence-corrected chi connectivity index (χ2v) is 6.54. The molecule has 7 heteroatoms. The number of nitrogens with one attached hydrogen (secondary N) is 1. The van der Waals surface area contributed by atoms with E-state index in [1.165, 1.54) is 47.8 Å². The summed E-state index contributed by atoms with van der Waals surface area (Å²) in [5.74, 6) is -0.891. The molecular formula is C18H30N2O4S. The van der Waals surface area contributed by atoms with E-state index < -0.39 is 5.97 Å². The van der Waals surface area contributed by atoms with Crippen LogP contribution in [0.4, 0.5) is 0 Å². The van der Waals surface area contributed by atoms with E-state index in [0.29, 0.717) is 0 Å². The molecule has 0 saturated carbocycles. The molecule has 1 aliphatic carbocycles. The van der Waals surface area contributed by atoms with Crippen molar-refractivity contribution in [1.29, 1.82) is 0 Å². The van der Waals surface area contributed by atoms with Gasteiger partial charge in [-0.15, -0.1) is 0 Å². The summed E-state index contributed by atoms with van der Waals surface area (Å²) in [7, 11) is 0. The third kappa shape index (κ3) is 15.3. The van der Waals surface area contributed by atoms with Crippen LogP contribution in [-0.2, 0) is 14.4 Å². The first-order valence-corrected chi connectivity index (χ1v) is 8.90.